The van der Waals surface area contributed by atoms with Crippen LogP contribution in [0.25, 0.3) is 0 Å². The zero-order valence-corrected chi connectivity index (χ0v) is 13.3. The molecule has 0 bridgehead atoms. The van der Waals surface area contributed by atoms with Crippen LogP contribution >= 0.6 is 11.3 Å². The lowest BCUT2D eigenvalue weighted by Crippen LogP contribution is -2.31. The molecule has 2 heterocycles. The molecular formula is C15H16N4O3S. The molecule has 3 amide bonds. The van der Waals surface area contributed by atoms with Gasteiger partial charge in [-0.3, -0.25) is 9.69 Å². The van der Waals surface area contributed by atoms with Crippen molar-refractivity contribution in [2.24, 2.45) is 5.73 Å². The molecule has 1 aliphatic rings. The smallest absolute Gasteiger partial charge is 0.326 e. The number of urea groups is 1. The number of anilines is 1. The molecular weight excluding hydrogens is 316 g/mol. The summed E-state index contributed by atoms with van der Waals surface area (Å²) in [5.74, 6) is -0.334. The summed E-state index contributed by atoms with van der Waals surface area (Å²) in [7, 11) is 0. The number of nitrogens with zero attached hydrogens (tertiary/aromatic N) is 3. The van der Waals surface area contributed by atoms with Crippen molar-refractivity contribution in [1.29, 1.82) is 0 Å². The number of aromatic hydroxyl groups is 1. The van der Waals surface area contributed by atoms with Gasteiger partial charge in [-0.25, -0.2) is 9.78 Å². The number of benzene rings is 1. The summed E-state index contributed by atoms with van der Waals surface area (Å²) in [6, 6.07) is 6.60. The molecule has 3 N–H and O–H groups in total. The molecule has 0 unspecified atom stereocenters. The van der Waals surface area contributed by atoms with E-state index in [4.69, 9.17) is 5.73 Å². The van der Waals surface area contributed by atoms with E-state index in [2.05, 4.69) is 4.98 Å². The Kier molecular flexibility index (Phi) is 3.91. The van der Waals surface area contributed by atoms with E-state index in [1.165, 1.54) is 0 Å². The number of amides is 3. The molecule has 23 heavy (non-hydrogen) atoms. The zero-order chi connectivity index (χ0) is 16.6. The van der Waals surface area contributed by atoms with Crippen LogP contribution in [0, 0.1) is 6.92 Å². The third-order valence-corrected chi connectivity index (χ3v) is 4.84. The summed E-state index contributed by atoms with van der Waals surface area (Å²) in [5, 5.41) is 9.79. The maximum atomic E-state index is 12.5. The minimum atomic E-state index is -0.529. The van der Waals surface area contributed by atoms with Crippen molar-refractivity contribution in [1.82, 2.24) is 9.88 Å². The topological polar surface area (TPSA) is 99.8 Å². The Labute approximate surface area is 137 Å². The minimum Gasteiger partial charge on any atom is -0.508 e. The second kappa shape index (κ2) is 5.88. The lowest BCUT2D eigenvalue weighted by molar-refractivity contribution is 0.100. The molecule has 1 aromatic heterocycles. The van der Waals surface area contributed by atoms with Gasteiger partial charge in [0.25, 0.3) is 5.91 Å². The lowest BCUT2D eigenvalue weighted by atomic mass is 10.2. The third kappa shape index (κ3) is 2.98. The highest BCUT2D eigenvalue weighted by Crippen LogP contribution is 2.29. The highest BCUT2D eigenvalue weighted by Gasteiger charge is 2.32. The number of phenolic OH excluding ortho intramolecular Hbond substituents is 1. The first-order valence-electron chi connectivity index (χ1n) is 7.07. The molecule has 0 aliphatic carbocycles. The van der Waals surface area contributed by atoms with Crippen molar-refractivity contribution < 1.29 is 14.7 Å². The van der Waals surface area contributed by atoms with Crippen LogP contribution in [0.2, 0.25) is 0 Å². The number of carbonyl (C=O) groups is 2. The van der Waals surface area contributed by atoms with Gasteiger partial charge in [-0.15, -0.1) is 0 Å². The Morgan fingerprint density at radius 2 is 2.04 bits per heavy atom. The van der Waals surface area contributed by atoms with Gasteiger partial charge in [0.15, 0.2) is 5.13 Å². The van der Waals surface area contributed by atoms with E-state index in [0.717, 1.165) is 16.9 Å². The normalized spacial score (nSPS) is 14.6. The van der Waals surface area contributed by atoms with Crippen LogP contribution in [0.4, 0.5) is 9.93 Å². The van der Waals surface area contributed by atoms with E-state index in [1.807, 2.05) is 0 Å². The maximum Gasteiger partial charge on any atom is 0.326 e. The summed E-state index contributed by atoms with van der Waals surface area (Å²) < 4.78 is 0. The highest BCUT2D eigenvalue weighted by molar-refractivity contribution is 7.17. The molecule has 1 aromatic carbocycles. The van der Waals surface area contributed by atoms with Gasteiger partial charge in [0.2, 0.25) is 0 Å². The second-order valence-corrected chi connectivity index (χ2v) is 6.27. The molecule has 3 rings (SSSR count). The van der Waals surface area contributed by atoms with Crippen LogP contribution in [0.5, 0.6) is 5.75 Å². The van der Waals surface area contributed by atoms with Gasteiger partial charge in [-0.05, 0) is 24.6 Å². The third-order valence-electron chi connectivity index (χ3n) is 3.64. The van der Waals surface area contributed by atoms with Crippen molar-refractivity contribution in [3.63, 3.8) is 0 Å². The van der Waals surface area contributed by atoms with Gasteiger partial charge in [0, 0.05) is 19.6 Å². The van der Waals surface area contributed by atoms with E-state index in [9.17, 15) is 14.7 Å². The summed E-state index contributed by atoms with van der Waals surface area (Å²) in [5.41, 5.74) is 6.78. The Bertz CT molecular complexity index is 757. The lowest BCUT2D eigenvalue weighted by Gasteiger charge is -2.17. The number of primary amides is 1. The summed E-state index contributed by atoms with van der Waals surface area (Å²) in [6.45, 7) is 3.25. The van der Waals surface area contributed by atoms with Crippen LogP contribution in [-0.2, 0) is 6.54 Å². The number of carbonyl (C=O) groups excluding carboxylic acids is 2. The average molecular weight is 332 g/mol. The van der Waals surface area contributed by atoms with Gasteiger partial charge in [0.1, 0.15) is 10.6 Å². The monoisotopic (exact) mass is 332 g/mol. The molecule has 0 radical (unpaired) electrons. The molecule has 8 heteroatoms. The standard InChI is InChI=1S/C15H16N4O3S/c1-9-12(13(16)21)23-14(17-9)19-7-6-18(15(19)22)8-10-2-4-11(20)5-3-10/h2-5,20H,6-8H2,1H3,(H2,16,21). The van der Waals surface area contributed by atoms with Crippen LogP contribution in [0.15, 0.2) is 24.3 Å². The Hall–Kier alpha value is -2.61. The van der Waals surface area contributed by atoms with Gasteiger partial charge in [-0.2, -0.15) is 0 Å². The molecule has 1 fully saturated rings. The summed E-state index contributed by atoms with van der Waals surface area (Å²) in [6.07, 6.45) is 0. The van der Waals surface area contributed by atoms with Gasteiger partial charge >= 0.3 is 6.03 Å². The van der Waals surface area contributed by atoms with Crippen LogP contribution in [-0.4, -0.2) is 40.0 Å². The second-order valence-electron chi connectivity index (χ2n) is 5.30. The number of hydrogen-bond acceptors (Lipinski definition) is 5. The van der Waals surface area contributed by atoms with E-state index in [1.54, 1.807) is 41.0 Å². The Balaban J connectivity index is 1.75. The molecule has 7 nitrogen and oxygen atoms in total. The number of hydrogen-bond donors (Lipinski definition) is 2. The Morgan fingerprint density at radius 1 is 1.35 bits per heavy atom. The van der Waals surface area contributed by atoms with Crippen molar-refractivity contribution >= 4 is 28.4 Å². The van der Waals surface area contributed by atoms with E-state index in [0.29, 0.717) is 35.3 Å². The molecule has 2 aromatic rings. The van der Waals surface area contributed by atoms with Crippen LogP contribution in [0.3, 0.4) is 0 Å². The first kappa shape index (κ1) is 15.3. The molecule has 0 spiro atoms. The highest BCUT2D eigenvalue weighted by atomic mass is 32.1. The van der Waals surface area contributed by atoms with Crippen molar-refractivity contribution in [2.45, 2.75) is 13.5 Å². The quantitative estimate of drug-likeness (QED) is 0.890. The summed E-state index contributed by atoms with van der Waals surface area (Å²) >= 11 is 1.14. The fraction of sp³-hybridized carbons (Fsp3) is 0.267. The molecule has 120 valence electrons. The van der Waals surface area contributed by atoms with Crippen molar-refractivity contribution in [3.8, 4) is 5.75 Å². The van der Waals surface area contributed by atoms with Crippen LogP contribution < -0.4 is 10.6 Å². The fourth-order valence-electron chi connectivity index (χ4n) is 2.45. The first-order chi connectivity index (χ1) is 11.0. The van der Waals surface area contributed by atoms with Crippen molar-refractivity contribution in [3.05, 3.63) is 40.4 Å². The fourth-order valence-corrected chi connectivity index (χ4v) is 3.39. The molecule has 0 saturated carbocycles. The van der Waals surface area contributed by atoms with Gasteiger partial charge in [-0.1, -0.05) is 23.5 Å². The number of thiazole rings is 1. The van der Waals surface area contributed by atoms with E-state index in [-0.39, 0.29) is 11.8 Å². The molecule has 1 saturated heterocycles. The maximum absolute atomic E-state index is 12.5. The first-order valence-corrected chi connectivity index (χ1v) is 7.89. The van der Waals surface area contributed by atoms with E-state index < -0.39 is 5.91 Å². The number of aryl methyl sites for hydroxylation is 1. The molecule has 0 atom stereocenters. The molecule has 1 aliphatic heterocycles. The SMILES string of the molecule is Cc1nc(N2CCN(Cc3ccc(O)cc3)C2=O)sc1C(N)=O. The zero-order valence-electron chi connectivity index (χ0n) is 12.5. The predicted octanol–water partition coefficient (Wildman–Crippen LogP) is 1.70. The summed E-state index contributed by atoms with van der Waals surface area (Å²) in [4.78, 5) is 31.8. The number of rotatable bonds is 4. The van der Waals surface area contributed by atoms with Gasteiger partial charge < -0.3 is 15.7 Å². The number of phenols is 1. The predicted molar refractivity (Wildman–Crippen MR) is 86.6 cm³/mol. The van der Waals surface area contributed by atoms with Crippen molar-refractivity contribution in [2.75, 3.05) is 18.0 Å². The number of aromatic nitrogens is 1. The largest absolute Gasteiger partial charge is 0.508 e. The van der Waals surface area contributed by atoms with Crippen LogP contribution in [0.1, 0.15) is 20.9 Å². The average Bonchev–Trinajstić information content (AvgIpc) is 3.05. The van der Waals surface area contributed by atoms with E-state index >= 15 is 0 Å². The minimum absolute atomic E-state index is 0.150. The number of nitrogens with two attached hydrogens (primary N) is 1. The van der Waals surface area contributed by atoms with Gasteiger partial charge in [0.05, 0.1) is 5.69 Å². The Morgan fingerprint density at radius 3 is 2.65 bits per heavy atom.